The van der Waals surface area contributed by atoms with E-state index in [2.05, 4.69) is 36.2 Å². The van der Waals surface area contributed by atoms with Gasteiger partial charge < -0.3 is 20.2 Å². The van der Waals surface area contributed by atoms with Gasteiger partial charge in [0.05, 0.1) is 5.69 Å². The lowest BCUT2D eigenvalue weighted by atomic mass is 10.3. The average molecular weight is 339 g/mol. The van der Waals surface area contributed by atoms with Gasteiger partial charge in [-0.05, 0) is 18.2 Å². The number of alkyl halides is 3. The minimum atomic E-state index is -4.81. The molecule has 0 amide bonds. The van der Waals surface area contributed by atoms with Crippen molar-refractivity contribution < 1.29 is 22.3 Å². The van der Waals surface area contributed by atoms with E-state index in [4.69, 9.17) is 10.2 Å². The summed E-state index contributed by atoms with van der Waals surface area (Å²) in [4.78, 5) is 0. The Balaban J connectivity index is 2.28. The van der Waals surface area contributed by atoms with Crippen LogP contribution >= 0.6 is 15.9 Å². The molecular weight excluding hydrogens is 333 g/mol. The zero-order valence-electron chi connectivity index (χ0n) is 9.03. The van der Waals surface area contributed by atoms with Gasteiger partial charge in [-0.1, -0.05) is 26.1 Å². The number of rotatable bonds is 3. The molecule has 0 atom stereocenters. The van der Waals surface area contributed by atoms with Crippen LogP contribution in [0.1, 0.15) is 0 Å². The molecule has 102 valence electrons. The molecule has 0 fully saturated rings. The van der Waals surface area contributed by atoms with Crippen molar-refractivity contribution in [1.82, 2.24) is 10.2 Å². The van der Waals surface area contributed by atoms with Gasteiger partial charge in [-0.3, -0.25) is 0 Å². The predicted molar refractivity (Wildman–Crippen MR) is 62.8 cm³/mol. The molecule has 0 aliphatic rings. The topological polar surface area (TPSA) is 86.2 Å². The van der Waals surface area contributed by atoms with E-state index >= 15 is 0 Å². The van der Waals surface area contributed by atoms with Crippen LogP contribution in [0.3, 0.4) is 0 Å². The Kier molecular flexibility index (Phi) is 3.51. The molecule has 0 bridgehead atoms. The molecule has 0 spiro atoms. The molecule has 0 aliphatic heterocycles. The Bertz CT molecular complexity index is 587. The highest BCUT2D eigenvalue weighted by Gasteiger charge is 2.32. The highest BCUT2D eigenvalue weighted by atomic mass is 79.9. The van der Waals surface area contributed by atoms with Gasteiger partial charge in [-0.2, -0.15) is 0 Å². The fourth-order valence-electron chi connectivity index (χ4n) is 1.21. The van der Waals surface area contributed by atoms with Crippen LogP contribution in [-0.2, 0) is 0 Å². The monoisotopic (exact) mass is 338 g/mol. The lowest BCUT2D eigenvalue weighted by molar-refractivity contribution is -0.274. The molecule has 2 rings (SSSR count). The number of ether oxygens (including phenoxy) is 1. The van der Waals surface area contributed by atoms with Crippen molar-refractivity contribution in [2.75, 3.05) is 11.1 Å². The van der Waals surface area contributed by atoms with Crippen molar-refractivity contribution >= 4 is 33.6 Å². The predicted octanol–water partition coefficient (Wildman–Crippen LogP) is 3.06. The summed E-state index contributed by atoms with van der Waals surface area (Å²) in [5.74, 6) is -0.446. The zero-order valence-corrected chi connectivity index (χ0v) is 10.6. The van der Waals surface area contributed by atoms with E-state index < -0.39 is 12.1 Å². The van der Waals surface area contributed by atoms with E-state index in [1.54, 1.807) is 0 Å². The number of hydrogen-bond donors (Lipinski definition) is 2. The van der Waals surface area contributed by atoms with Crippen LogP contribution in [0.15, 0.2) is 27.1 Å². The fraction of sp³-hybridized carbons (Fsp3) is 0.111. The molecule has 19 heavy (non-hydrogen) atoms. The highest BCUT2D eigenvalue weighted by molar-refractivity contribution is 9.10. The first kappa shape index (κ1) is 13.5. The molecule has 0 unspecified atom stereocenters. The second-order valence-corrected chi connectivity index (χ2v) is 4.17. The van der Waals surface area contributed by atoms with Gasteiger partial charge in [0.2, 0.25) is 0 Å². The second-order valence-electron chi connectivity index (χ2n) is 3.26. The first-order valence-corrected chi connectivity index (χ1v) is 5.54. The summed E-state index contributed by atoms with van der Waals surface area (Å²) < 4.78 is 45.9. The molecule has 6 nitrogen and oxygen atoms in total. The van der Waals surface area contributed by atoms with Crippen molar-refractivity contribution in [2.24, 2.45) is 0 Å². The van der Waals surface area contributed by atoms with Gasteiger partial charge in [-0.15, -0.1) is 13.2 Å². The van der Waals surface area contributed by atoms with E-state index in [9.17, 15) is 13.2 Å². The molecule has 1 aromatic carbocycles. The van der Waals surface area contributed by atoms with Crippen molar-refractivity contribution in [3.63, 3.8) is 0 Å². The third kappa shape index (κ3) is 3.74. The second kappa shape index (κ2) is 4.96. The van der Waals surface area contributed by atoms with Gasteiger partial charge in [0.25, 0.3) is 0 Å². The van der Waals surface area contributed by atoms with Crippen LogP contribution in [0.25, 0.3) is 0 Å². The summed E-state index contributed by atoms with van der Waals surface area (Å²) in [6.07, 6.45) is -4.81. The first-order chi connectivity index (χ1) is 8.83. The quantitative estimate of drug-likeness (QED) is 0.894. The number of nitrogen functional groups attached to an aromatic ring is 1. The SMILES string of the molecule is Nc1nnc(Nc2ccc(Br)cc2OC(F)(F)F)o1. The standard InChI is InChI=1S/C9H6BrF3N4O2/c10-4-1-2-5(6(3-4)19-9(11,12)13)15-8-17-16-7(14)18-8/h1-3H,(H2,14,16)(H,15,17). The van der Waals surface area contributed by atoms with E-state index in [1.807, 2.05) is 0 Å². The number of halogens is 4. The maximum absolute atomic E-state index is 12.3. The van der Waals surface area contributed by atoms with E-state index in [1.165, 1.54) is 12.1 Å². The maximum atomic E-state index is 12.3. The molecule has 1 heterocycles. The van der Waals surface area contributed by atoms with E-state index in [0.29, 0.717) is 4.47 Å². The summed E-state index contributed by atoms with van der Waals surface area (Å²) in [6, 6.07) is 3.66. The van der Waals surface area contributed by atoms with Gasteiger partial charge in [-0.25, -0.2) is 0 Å². The lowest BCUT2D eigenvalue weighted by Gasteiger charge is -2.13. The Morgan fingerprint density at radius 1 is 1.32 bits per heavy atom. The third-order valence-corrected chi connectivity index (χ3v) is 2.34. The molecule has 0 saturated carbocycles. The summed E-state index contributed by atoms with van der Waals surface area (Å²) in [7, 11) is 0. The number of hydrogen-bond acceptors (Lipinski definition) is 6. The third-order valence-electron chi connectivity index (χ3n) is 1.85. The normalized spacial score (nSPS) is 11.4. The molecule has 0 aliphatic carbocycles. The number of benzene rings is 1. The molecular formula is C9H6BrF3N4O2. The Morgan fingerprint density at radius 3 is 2.63 bits per heavy atom. The Hall–Kier alpha value is -1.97. The maximum Gasteiger partial charge on any atom is 0.573 e. The van der Waals surface area contributed by atoms with Crippen molar-refractivity contribution in [2.45, 2.75) is 6.36 Å². The highest BCUT2D eigenvalue weighted by Crippen LogP contribution is 2.34. The first-order valence-electron chi connectivity index (χ1n) is 4.75. The van der Waals surface area contributed by atoms with Gasteiger partial charge in [0, 0.05) is 4.47 Å². The average Bonchev–Trinajstić information content (AvgIpc) is 2.66. The van der Waals surface area contributed by atoms with Crippen LogP contribution < -0.4 is 15.8 Å². The Morgan fingerprint density at radius 2 is 2.05 bits per heavy atom. The number of nitrogens with zero attached hydrogens (tertiary/aromatic N) is 2. The zero-order chi connectivity index (χ0) is 14.0. The molecule has 1 aromatic heterocycles. The Labute approximate surface area is 112 Å². The largest absolute Gasteiger partial charge is 0.573 e. The minimum absolute atomic E-state index is 0.00387. The van der Waals surface area contributed by atoms with Crippen LogP contribution in [0.2, 0.25) is 0 Å². The molecule has 2 aromatic rings. The number of nitrogens with two attached hydrogens (primary N) is 1. The summed E-state index contributed by atoms with van der Waals surface area (Å²) in [6.45, 7) is 0. The lowest BCUT2D eigenvalue weighted by Crippen LogP contribution is -2.18. The summed E-state index contributed by atoms with van der Waals surface area (Å²) >= 11 is 3.05. The molecule has 0 radical (unpaired) electrons. The van der Waals surface area contributed by atoms with Gasteiger partial charge in [0.1, 0.15) is 0 Å². The van der Waals surface area contributed by atoms with Crippen molar-refractivity contribution in [3.8, 4) is 5.75 Å². The van der Waals surface area contributed by atoms with E-state index in [0.717, 1.165) is 6.07 Å². The number of nitrogens with one attached hydrogen (secondary N) is 1. The van der Waals surface area contributed by atoms with Gasteiger partial charge in [0.15, 0.2) is 5.75 Å². The minimum Gasteiger partial charge on any atom is -0.404 e. The van der Waals surface area contributed by atoms with Crippen LogP contribution in [-0.4, -0.2) is 16.6 Å². The van der Waals surface area contributed by atoms with Gasteiger partial charge >= 0.3 is 18.4 Å². The van der Waals surface area contributed by atoms with E-state index in [-0.39, 0.29) is 17.7 Å². The van der Waals surface area contributed by atoms with Crippen molar-refractivity contribution in [1.29, 1.82) is 0 Å². The van der Waals surface area contributed by atoms with Crippen LogP contribution in [0, 0.1) is 0 Å². The van der Waals surface area contributed by atoms with Crippen LogP contribution in [0.5, 0.6) is 5.75 Å². The number of aromatic nitrogens is 2. The fourth-order valence-corrected chi connectivity index (χ4v) is 1.55. The molecule has 3 N–H and O–H groups in total. The number of anilines is 3. The molecule has 0 saturated heterocycles. The smallest absolute Gasteiger partial charge is 0.404 e. The van der Waals surface area contributed by atoms with Crippen molar-refractivity contribution in [3.05, 3.63) is 22.7 Å². The molecule has 10 heteroatoms. The summed E-state index contributed by atoms with van der Waals surface area (Å²) in [5.41, 5.74) is 5.20. The van der Waals surface area contributed by atoms with Crippen LogP contribution in [0.4, 0.5) is 30.9 Å². The summed E-state index contributed by atoms with van der Waals surface area (Å²) in [5, 5.41) is 9.31.